The molecular formula is C17H27NO5. The molecule has 1 aromatic heterocycles. The number of aromatic carboxylic acids is 1. The van der Waals surface area contributed by atoms with Gasteiger partial charge in [0.05, 0.1) is 25.7 Å². The first kappa shape index (κ1) is 19.2. The second kappa shape index (κ2) is 8.72. The molecule has 0 aliphatic rings. The van der Waals surface area contributed by atoms with Crippen molar-refractivity contribution in [3.8, 4) is 0 Å². The van der Waals surface area contributed by atoms with Gasteiger partial charge in [-0.25, -0.2) is 4.79 Å². The normalized spacial score (nSPS) is 12.4. The summed E-state index contributed by atoms with van der Waals surface area (Å²) in [5.41, 5.74) is 0.131. The van der Waals surface area contributed by atoms with E-state index in [4.69, 9.17) is 14.3 Å². The van der Waals surface area contributed by atoms with E-state index in [1.165, 1.54) is 11.0 Å². The smallest absolute Gasteiger partial charge is 0.339 e. The highest BCUT2D eigenvalue weighted by atomic mass is 16.5. The number of furan rings is 1. The Morgan fingerprint density at radius 1 is 1.35 bits per heavy atom. The van der Waals surface area contributed by atoms with Gasteiger partial charge in [-0.05, 0) is 32.3 Å². The number of aryl methyl sites for hydroxylation is 1. The Morgan fingerprint density at radius 3 is 2.52 bits per heavy atom. The first-order valence-electron chi connectivity index (χ1n) is 7.88. The number of rotatable bonds is 9. The van der Waals surface area contributed by atoms with E-state index in [2.05, 4.69) is 13.8 Å². The molecule has 1 aromatic rings. The molecule has 1 unspecified atom stereocenters. The van der Waals surface area contributed by atoms with Gasteiger partial charge in [-0.1, -0.05) is 13.8 Å². The third kappa shape index (κ3) is 6.44. The summed E-state index contributed by atoms with van der Waals surface area (Å²) in [6.07, 6.45) is 1.40. The van der Waals surface area contributed by atoms with Crippen LogP contribution in [0.15, 0.2) is 10.5 Å². The van der Waals surface area contributed by atoms with Crippen molar-refractivity contribution in [1.29, 1.82) is 0 Å². The van der Waals surface area contributed by atoms with Crippen LogP contribution < -0.4 is 0 Å². The summed E-state index contributed by atoms with van der Waals surface area (Å²) < 4.78 is 11.0. The molecule has 0 radical (unpaired) electrons. The first-order chi connectivity index (χ1) is 10.7. The van der Waals surface area contributed by atoms with Crippen molar-refractivity contribution < 1.29 is 23.8 Å². The Morgan fingerprint density at radius 2 is 2.00 bits per heavy atom. The number of hydrogen-bond donors (Lipinski definition) is 1. The molecule has 6 nitrogen and oxygen atoms in total. The lowest BCUT2D eigenvalue weighted by Crippen LogP contribution is -2.27. The fourth-order valence-electron chi connectivity index (χ4n) is 2.43. The number of carboxylic acid groups (broad SMARTS) is 1. The van der Waals surface area contributed by atoms with Gasteiger partial charge < -0.3 is 19.2 Å². The Kier molecular flexibility index (Phi) is 7.29. The van der Waals surface area contributed by atoms with Crippen molar-refractivity contribution in [2.75, 3.05) is 13.7 Å². The molecule has 0 aromatic carbocycles. The Bertz CT molecular complexity index is 535. The topological polar surface area (TPSA) is 80.0 Å². The van der Waals surface area contributed by atoms with Crippen molar-refractivity contribution >= 4 is 11.9 Å². The van der Waals surface area contributed by atoms with Gasteiger partial charge in [0.1, 0.15) is 17.1 Å². The molecule has 1 N–H and O–H groups in total. The third-order valence-electron chi connectivity index (χ3n) is 3.54. The van der Waals surface area contributed by atoms with Crippen molar-refractivity contribution in [3.63, 3.8) is 0 Å². The molecule has 1 rings (SSSR count). The average Bonchev–Trinajstić information content (AvgIpc) is 2.78. The highest BCUT2D eigenvalue weighted by molar-refractivity contribution is 5.88. The van der Waals surface area contributed by atoms with Crippen LogP contribution in [0.4, 0.5) is 0 Å². The maximum Gasteiger partial charge on any atom is 0.339 e. The zero-order valence-electron chi connectivity index (χ0n) is 14.6. The van der Waals surface area contributed by atoms with Gasteiger partial charge >= 0.3 is 5.97 Å². The molecule has 0 aliphatic carbocycles. The minimum Gasteiger partial charge on any atom is -0.478 e. The summed E-state index contributed by atoms with van der Waals surface area (Å²) >= 11 is 0. The maximum absolute atomic E-state index is 12.1. The van der Waals surface area contributed by atoms with E-state index in [-0.39, 0.29) is 24.1 Å². The molecule has 0 fully saturated rings. The summed E-state index contributed by atoms with van der Waals surface area (Å²) in [7, 11) is 1.66. The molecule has 23 heavy (non-hydrogen) atoms. The lowest BCUT2D eigenvalue weighted by atomic mass is 10.1. The Hall–Kier alpha value is -1.82. The molecule has 1 heterocycles. The molecule has 0 spiro atoms. The summed E-state index contributed by atoms with van der Waals surface area (Å²) in [5.74, 6) is 0.282. The zero-order chi connectivity index (χ0) is 17.6. The Balaban J connectivity index is 2.42. The number of amides is 1. The van der Waals surface area contributed by atoms with E-state index in [9.17, 15) is 9.59 Å². The maximum atomic E-state index is 12.1. The van der Waals surface area contributed by atoms with Crippen molar-refractivity contribution in [2.24, 2.45) is 5.92 Å². The Labute approximate surface area is 137 Å². The van der Waals surface area contributed by atoms with Crippen LogP contribution in [0.1, 0.15) is 55.5 Å². The SMILES string of the molecule is Cc1oc(CN(C)C(=O)CCOC(C)CC(C)C)cc1C(=O)O. The summed E-state index contributed by atoms with van der Waals surface area (Å²) in [6.45, 7) is 8.50. The summed E-state index contributed by atoms with van der Waals surface area (Å²) in [6, 6.07) is 1.46. The number of carbonyl (C=O) groups excluding carboxylic acids is 1. The van der Waals surface area contributed by atoms with E-state index >= 15 is 0 Å². The molecule has 0 saturated carbocycles. The lowest BCUT2D eigenvalue weighted by molar-refractivity contribution is -0.132. The van der Waals surface area contributed by atoms with Crippen LogP contribution in [0.5, 0.6) is 0 Å². The number of carbonyl (C=O) groups is 2. The molecule has 0 bridgehead atoms. The van der Waals surface area contributed by atoms with Crippen molar-refractivity contribution in [2.45, 2.75) is 53.2 Å². The van der Waals surface area contributed by atoms with Crippen LogP contribution in [0.25, 0.3) is 0 Å². The molecule has 6 heteroatoms. The predicted octanol–water partition coefficient (Wildman–Crippen LogP) is 3.09. The zero-order valence-corrected chi connectivity index (χ0v) is 14.6. The van der Waals surface area contributed by atoms with Crippen LogP contribution in [0.3, 0.4) is 0 Å². The lowest BCUT2D eigenvalue weighted by Gasteiger charge is -2.18. The molecule has 130 valence electrons. The minimum atomic E-state index is -1.03. The average molecular weight is 325 g/mol. The second-order valence-corrected chi connectivity index (χ2v) is 6.30. The van der Waals surface area contributed by atoms with Gasteiger partial charge in [-0.15, -0.1) is 0 Å². The molecule has 1 amide bonds. The van der Waals surface area contributed by atoms with E-state index in [0.717, 1.165) is 6.42 Å². The van der Waals surface area contributed by atoms with Gasteiger partial charge in [0.25, 0.3) is 0 Å². The van der Waals surface area contributed by atoms with Crippen LogP contribution >= 0.6 is 0 Å². The highest BCUT2D eigenvalue weighted by Crippen LogP contribution is 2.16. The minimum absolute atomic E-state index is 0.0623. The van der Waals surface area contributed by atoms with Crippen LogP contribution in [-0.2, 0) is 16.1 Å². The quantitative estimate of drug-likeness (QED) is 0.754. The van der Waals surface area contributed by atoms with Gasteiger partial charge in [0.15, 0.2) is 0 Å². The van der Waals surface area contributed by atoms with E-state index in [1.807, 2.05) is 6.92 Å². The number of hydrogen-bond acceptors (Lipinski definition) is 4. The van der Waals surface area contributed by atoms with Crippen molar-refractivity contribution in [3.05, 3.63) is 23.2 Å². The number of nitrogens with zero attached hydrogens (tertiary/aromatic N) is 1. The number of ether oxygens (including phenoxy) is 1. The monoisotopic (exact) mass is 325 g/mol. The molecular weight excluding hydrogens is 298 g/mol. The van der Waals surface area contributed by atoms with Gasteiger partial charge in [0, 0.05) is 7.05 Å². The van der Waals surface area contributed by atoms with Gasteiger partial charge in [-0.2, -0.15) is 0 Å². The van der Waals surface area contributed by atoms with E-state index in [1.54, 1.807) is 14.0 Å². The molecule has 0 saturated heterocycles. The summed E-state index contributed by atoms with van der Waals surface area (Å²) in [5, 5.41) is 9.00. The largest absolute Gasteiger partial charge is 0.478 e. The van der Waals surface area contributed by atoms with Gasteiger partial charge in [-0.3, -0.25) is 4.79 Å². The standard InChI is InChI=1S/C17H27NO5/c1-11(2)8-12(3)22-7-6-16(19)18(5)10-14-9-15(17(20)21)13(4)23-14/h9,11-12H,6-8,10H2,1-5H3,(H,20,21). The second-order valence-electron chi connectivity index (χ2n) is 6.30. The fourth-order valence-corrected chi connectivity index (χ4v) is 2.43. The first-order valence-corrected chi connectivity index (χ1v) is 7.88. The number of carboxylic acids is 1. The predicted molar refractivity (Wildman–Crippen MR) is 86.4 cm³/mol. The van der Waals surface area contributed by atoms with Crippen LogP contribution in [0.2, 0.25) is 0 Å². The van der Waals surface area contributed by atoms with E-state index < -0.39 is 5.97 Å². The van der Waals surface area contributed by atoms with Crippen LogP contribution in [-0.4, -0.2) is 41.6 Å². The summed E-state index contributed by atoms with van der Waals surface area (Å²) in [4.78, 5) is 24.6. The molecule has 0 aliphatic heterocycles. The fraction of sp³-hybridized carbons (Fsp3) is 0.647. The van der Waals surface area contributed by atoms with Crippen molar-refractivity contribution in [1.82, 2.24) is 4.90 Å². The molecule has 1 atom stereocenters. The highest BCUT2D eigenvalue weighted by Gasteiger charge is 2.17. The van der Waals surface area contributed by atoms with Crippen LogP contribution in [0, 0.1) is 12.8 Å². The van der Waals surface area contributed by atoms with E-state index in [0.29, 0.717) is 30.5 Å². The van der Waals surface area contributed by atoms with Gasteiger partial charge in [0.2, 0.25) is 5.91 Å². The third-order valence-corrected chi connectivity index (χ3v) is 3.54.